The first-order valence-corrected chi connectivity index (χ1v) is 7.82. The van der Waals surface area contributed by atoms with Crippen LogP contribution in [0, 0.1) is 6.92 Å². The lowest BCUT2D eigenvalue weighted by Gasteiger charge is -2.10. The van der Waals surface area contributed by atoms with Crippen molar-refractivity contribution >= 4 is 15.8 Å². The van der Waals surface area contributed by atoms with Gasteiger partial charge in [-0.1, -0.05) is 29.8 Å². The molecule has 0 amide bonds. The minimum atomic E-state index is -3.43. The van der Waals surface area contributed by atoms with E-state index in [-0.39, 0.29) is 10.5 Å². The second-order valence-electron chi connectivity index (χ2n) is 4.66. The summed E-state index contributed by atoms with van der Waals surface area (Å²) >= 11 is 0. The third-order valence-corrected chi connectivity index (χ3v) is 4.11. The summed E-state index contributed by atoms with van der Waals surface area (Å²) in [7, 11) is -3.43. The van der Waals surface area contributed by atoms with Gasteiger partial charge in [-0.25, -0.2) is 13.2 Å². The number of carbonyl (C=O) groups is 1. The molecular weight excluding hydrogens is 276 g/mol. The smallest absolute Gasteiger partial charge is 0.335 e. The van der Waals surface area contributed by atoms with Gasteiger partial charge in [0, 0.05) is 11.8 Å². The van der Waals surface area contributed by atoms with Crippen molar-refractivity contribution in [2.75, 3.05) is 6.26 Å². The van der Waals surface area contributed by atoms with Crippen molar-refractivity contribution in [3.63, 3.8) is 0 Å². The maximum atomic E-state index is 11.8. The molecule has 0 bridgehead atoms. The zero-order chi connectivity index (χ0) is 14.9. The van der Waals surface area contributed by atoms with Gasteiger partial charge in [-0.05, 0) is 30.7 Å². The van der Waals surface area contributed by atoms with Crippen molar-refractivity contribution in [1.82, 2.24) is 0 Å². The van der Waals surface area contributed by atoms with Crippen LogP contribution < -0.4 is 0 Å². The molecular formula is C15H14O4S. The molecule has 0 saturated heterocycles. The Kier molecular flexibility index (Phi) is 3.63. The van der Waals surface area contributed by atoms with Gasteiger partial charge in [-0.3, -0.25) is 0 Å². The summed E-state index contributed by atoms with van der Waals surface area (Å²) in [4.78, 5) is 11.2. The molecule has 1 N–H and O–H groups in total. The predicted octanol–water partition coefficient (Wildman–Crippen LogP) is 2.76. The molecule has 0 radical (unpaired) electrons. The molecule has 0 fully saturated rings. The van der Waals surface area contributed by atoms with Crippen LogP contribution in [-0.2, 0) is 9.84 Å². The Morgan fingerprint density at radius 3 is 2.35 bits per heavy atom. The molecule has 2 aromatic carbocycles. The van der Waals surface area contributed by atoms with E-state index in [0.717, 1.165) is 11.8 Å². The van der Waals surface area contributed by atoms with Crippen molar-refractivity contribution in [2.24, 2.45) is 0 Å². The minimum Gasteiger partial charge on any atom is -0.478 e. The second kappa shape index (κ2) is 5.09. The number of carboxylic acids is 1. The first kappa shape index (κ1) is 14.3. The first-order chi connectivity index (χ1) is 9.29. The van der Waals surface area contributed by atoms with E-state index in [0.29, 0.717) is 11.1 Å². The zero-order valence-electron chi connectivity index (χ0n) is 11.1. The third-order valence-electron chi connectivity index (χ3n) is 2.96. The SMILES string of the molecule is Cc1cccc(-c2cc(C(=O)O)ccc2S(C)(=O)=O)c1. The molecule has 2 rings (SSSR count). The Bertz CT molecular complexity index is 776. The van der Waals surface area contributed by atoms with Gasteiger partial charge in [0.05, 0.1) is 10.5 Å². The fourth-order valence-corrected chi connectivity index (χ4v) is 2.92. The van der Waals surface area contributed by atoms with E-state index in [2.05, 4.69) is 0 Å². The Morgan fingerprint density at radius 2 is 1.80 bits per heavy atom. The Morgan fingerprint density at radius 1 is 1.10 bits per heavy atom. The number of hydrogen-bond donors (Lipinski definition) is 1. The van der Waals surface area contributed by atoms with Crippen molar-refractivity contribution in [3.8, 4) is 11.1 Å². The lowest BCUT2D eigenvalue weighted by molar-refractivity contribution is 0.0697. The summed E-state index contributed by atoms with van der Waals surface area (Å²) < 4.78 is 23.7. The van der Waals surface area contributed by atoms with Crippen molar-refractivity contribution in [3.05, 3.63) is 53.6 Å². The van der Waals surface area contributed by atoms with E-state index < -0.39 is 15.8 Å². The number of hydrogen-bond acceptors (Lipinski definition) is 3. The van der Waals surface area contributed by atoms with Crippen LogP contribution in [0.3, 0.4) is 0 Å². The summed E-state index contributed by atoms with van der Waals surface area (Å²) in [6.07, 6.45) is 1.11. The second-order valence-corrected chi connectivity index (χ2v) is 6.64. The predicted molar refractivity (Wildman–Crippen MR) is 76.7 cm³/mol. The number of carboxylic acid groups (broad SMARTS) is 1. The fourth-order valence-electron chi connectivity index (χ4n) is 2.02. The van der Waals surface area contributed by atoms with Crippen LogP contribution in [0.25, 0.3) is 11.1 Å². The summed E-state index contributed by atoms with van der Waals surface area (Å²) in [6.45, 7) is 1.89. The lowest BCUT2D eigenvalue weighted by atomic mass is 10.0. The van der Waals surface area contributed by atoms with Crippen LogP contribution in [0.4, 0.5) is 0 Å². The molecule has 0 aliphatic rings. The van der Waals surface area contributed by atoms with Gasteiger partial charge in [0.1, 0.15) is 0 Å². The van der Waals surface area contributed by atoms with E-state index in [1.807, 2.05) is 25.1 Å². The van der Waals surface area contributed by atoms with Crippen molar-refractivity contribution in [2.45, 2.75) is 11.8 Å². The van der Waals surface area contributed by atoms with Crippen LogP contribution in [0.15, 0.2) is 47.4 Å². The maximum Gasteiger partial charge on any atom is 0.335 e. The van der Waals surface area contributed by atoms with Crippen LogP contribution in [-0.4, -0.2) is 25.7 Å². The Hall–Kier alpha value is -2.14. The molecule has 20 heavy (non-hydrogen) atoms. The van der Waals surface area contributed by atoms with Crippen LogP contribution >= 0.6 is 0 Å². The number of rotatable bonds is 3. The van der Waals surface area contributed by atoms with Crippen LogP contribution in [0.1, 0.15) is 15.9 Å². The number of sulfone groups is 1. The van der Waals surface area contributed by atoms with Crippen molar-refractivity contribution < 1.29 is 18.3 Å². The molecule has 0 spiro atoms. The molecule has 0 aliphatic heterocycles. The molecule has 0 aromatic heterocycles. The van der Waals surface area contributed by atoms with E-state index in [4.69, 9.17) is 5.11 Å². The highest BCUT2D eigenvalue weighted by Crippen LogP contribution is 2.29. The standard InChI is InChI=1S/C15H14O4S/c1-10-4-3-5-11(8-10)13-9-12(15(16)17)6-7-14(13)20(2,18)19/h3-9H,1-2H3,(H,16,17). The third kappa shape index (κ3) is 2.88. The molecule has 0 aliphatic carbocycles. The molecule has 0 unspecified atom stereocenters. The summed E-state index contributed by atoms with van der Waals surface area (Å²) in [5.41, 5.74) is 2.14. The number of benzene rings is 2. The van der Waals surface area contributed by atoms with Crippen LogP contribution in [0.5, 0.6) is 0 Å². The lowest BCUT2D eigenvalue weighted by Crippen LogP contribution is -2.03. The maximum absolute atomic E-state index is 11.8. The highest BCUT2D eigenvalue weighted by Gasteiger charge is 2.17. The Balaban J connectivity index is 2.77. The number of aromatic carboxylic acids is 1. The molecule has 0 atom stereocenters. The molecule has 5 heteroatoms. The largest absolute Gasteiger partial charge is 0.478 e. The highest BCUT2D eigenvalue weighted by molar-refractivity contribution is 7.90. The van der Waals surface area contributed by atoms with Gasteiger partial charge in [0.2, 0.25) is 0 Å². The van der Waals surface area contributed by atoms with Crippen LogP contribution in [0.2, 0.25) is 0 Å². The number of aryl methyl sites for hydroxylation is 1. The molecule has 104 valence electrons. The summed E-state index contributed by atoms with van der Waals surface area (Å²) in [5, 5.41) is 9.06. The van der Waals surface area contributed by atoms with Gasteiger partial charge in [0.25, 0.3) is 0 Å². The average Bonchev–Trinajstić information content (AvgIpc) is 2.37. The van der Waals surface area contributed by atoms with Gasteiger partial charge in [-0.2, -0.15) is 0 Å². The van der Waals surface area contributed by atoms with E-state index in [1.165, 1.54) is 18.2 Å². The van der Waals surface area contributed by atoms with Crippen molar-refractivity contribution in [1.29, 1.82) is 0 Å². The highest BCUT2D eigenvalue weighted by atomic mass is 32.2. The normalized spacial score (nSPS) is 11.3. The quantitative estimate of drug-likeness (QED) is 0.943. The summed E-state index contributed by atoms with van der Waals surface area (Å²) in [5.74, 6) is -1.08. The van der Waals surface area contributed by atoms with Gasteiger partial charge in [-0.15, -0.1) is 0 Å². The molecule has 0 saturated carbocycles. The fraction of sp³-hybridized carbons (Fsp3) is 0.133. The zero-order valence-corrected chi connectivity index (χ0v) is 11.9. The average molecular weight is 290 g/mol. The topological polar surface area (TPSA) is 71.4 Å². The minimum absolute atomic E-state index is 0.0638. The van der Waals surface area contributed by atoms with E-state index in [1.54, 1.807) is 6.07 Å². The molecule has 4 nitrogen and oxygen atoms in total. The first-order valence-electron chi connectivity index (χ1n) is 5.93. The summed E-state index contributed by atoms with van der Waals surface area (Å²) in [6, 6.07) is 11.3. The van der Waals surface area contributed by atoms with Gasteiger partial charge in [0.15, 0.2) is 9.84 Å². The van der Waals surface area contributed by atoms with E-state index in [9.17, 15) is 13.2 Å². The van der Waals surface area contributed by atoms with Gasteiger partial charge >= 0.3 is 5.97 Å². The van der Waals surface area contributed by atoms with E-state index >= 15 is 0 Å². The van der Waals surface area contributed by atoms with Gasteiger partial charge < -0.3 is 5.11 Å². The Labute approximate surface area is 117 Å². The monoisotopic (exact) mass is 290 g/mol. The molecule has 0 heterocycles. The molecule has 2 aromatic rings.